The van der Waals surface area contributed by atoms with Crippen LogP contribution >= 0.6 is 15.9 Å². The molecule has 0 aliphatic carbocycles. The highest BCUT2D eigenvalue weighted by Gasteiger charge is 2.05. The number of anilines is 1. The second-order valence-corrected chi connectivity index (χ2v) is 4.07. The van der Waals surface area contributed by atoms with Crippen molar-refractivity contribution in [2.24, 2.45) is 0 Å². The average Bonchev–Trinajstić information content (AvgIpc) is 2.25. The smallest absolute Gasteiger partial charge is 0.151 e. The van der Waals surface area contributed by atoms with E-state index in [0.717, 1.165) is 4.47 Å². The van der Waals surface area contributed by atoms with Gasteiger partial charge in [0.05, 0.1) is 5.69 Å². The molecule has 0 saturated carbocycles. The summed E-state index contributed by atoms with van der Waals surface area (Å²) >= 11 is 3.29. The van der Waals surface area contributed by atoms with Crippen LogP contribution in [0.15, 0.2) is 46.9 Å². The molecule has 16 heavy (non-hydrogen) atoms. The summed E-state index contributed by atoms with van der Waals surface area (Å²) in [6.45, 7) is 0. The molecule has 0 aliphatic heterocycles. The molecule has 0 saturated heterocycles. The van der Waals surface area contributed by atoms with Crippen molar-refractivity contribution in [3.63, 3.8) is 0 Å². The van der Waals surface area contributed by atoms with Crippen LogP contribution in [0.3, 0.4) is 0 Å². The first-order valence-electron chi connectivity index (χ1n) is 4.64. The minimum Gasteiger partial charge on any atom is -0.455 e. The van der Waals surface area contributed by atoms with E-state index in [9.17, 15) is 4.39 Å². The molecule has 0 amide bonds. The van der Waals surface area contributed by atoms with Gasteiger partial charge >= 0.3 is 0 Å². The third-order valence-corrected chi connectivity index (χ3v) is 2.73. The molecule has 2 N–H and O–H groups in total. The van der Waals surface area contributed by atoms with Gasteiger partial charge in [0.2, 0.25) is 0 Å². The molecule has 0 spiro atoms. The number of hydrogen-bond donors (Lipinski definition) is 1. The maximum absolute atomic E-state index is 12.9. The largest absolute Gasteiger partial charge is 0.455 e. The zero-order valence-electron chi connectivity index (χ0n) is 8.28. The van der Waals surface area contributed by atoms with E-state index < -0.39 is 0 Å². The minimum atomic E-state index is -0.342. The van der Waals surface area contributed by atoms with Gasteiger partial charge in [-0.1, -0.05) is 12.1 Å². The van der Waals surface area contributed by atoms with Crippen LogP contribution in [0, 0.1) is 5.82 Å². The highest BCUT2D eigenvalue weighted by atomic mass is 79.9. The lowest BCUT2D eigenvalue weighted by Crippen LogP contribution is -1.93. The van der Waals surface area contributed by atoms with Crippen molar-refractivity contribution >= 4 is 21.6 Å². The van der Waals surface area contributed by atoms with Crippen LogP contribution in [0.4, 0.5) is 10.1 Å². The normalized spacial score (nSPS) is 10.1. The van der Waals surface area contributed by atoms with Crippen LogP contribution in [-0.2, 0) is 0 Å². The number of nitrogens with two attached hydrogens (primary N) is 1. The van der Waals surface area contributed by atoms with Crippen LogP contribution in [0.25, 0.3) is 0 Å². The highest BCUT2D eigenvalue weighted by Crippen LogP contribution is 2.32. The summed E-state index contributed by atoms with van der Waals surface area (Å²) in [5, 5.41) is 0. The molecule has 0 radical (unpaired) electrons. The van der Waals surface area contributed by atoms with Crippen molar-refractivity contribution < 1.29 is 9.13 Å². The molecule has 4 heteroatoms. The fourth-order valence-corrected chi connectivity index (χ4v) is 1.61. The van der Waals surface area contributed by atoms with Crippen molar-refractivity contribution in [1.29, 1.82) is 0 Å². The Bertz CT molecular complexity index is 516. The molecule has 0 bridgehead atoms. The van der Waals surface area contributed by atoms with E-state index in [4.69, 9.17) is 10.5 Å². The van der Waals surface area contributed by atoms with Gasteiger partial charge in [0.15, 0.2) is 5.75 Å². The molecule has 0 aliphatic rings. The highest BCUT2D eigenvalue weighted by molar-refractivity contribution is 9.10. The van der Waals surface area contributed by atoms with Gasteiger partial charge in [0, 0.05) is 10.5 Å². The SMILES string of the molecule is Nc1c(Br)cccc1Oc1cccc(F)c1. The Balaban J connectivity index is 2.31. The molecule has 2 rings (SSSR count). The summed E-state index contributed by atoms with van der Waals surface area (Å²) in [4.78, 5) is 0. The second kappa shape index (κ2) is 4.53. The lowest BCUT2D eigenvalue weighted by Gasteiger charge is -2.09. The van der Waals surface area contributed by atoms with E-state index in [0.29, 0.717) is 17.2 Å². The molecule has 2 aromatic carbocycles. The van der Waals surface area contributed by atoms with Gasteiger partial charge in [0.1, 0.15) is 11.6 Å². The van der Waals surface area contributed by atoms with Gasteiger partial charge in [-0.25, -0.2) is 4.39 Å². The molecule has 0 heterocycles. The summed E-state index contributed by atoms with van der Waals surface area (Å²) in [6, 6.07) is 11.3. The van der Waals surface area contributed by atoms with E-state index in [1.165, 1.54) is 12.1 Å². The standard InChI is InChI=1S/C12H9BrFNO/c13-10-5-2-6-11(12(10)15)16-9-4-1-3-8(14)7-9/h1-7H,15H2. The summed E-state index contributed by atoms with van der Waals surface area (Å²) < 4.78 is 19.2. The van der Waals surface area contributed by atoms with E-state index in [2.05, 4.69) is 15.9 Å². The molecule has 0 fully saturated rings. The first kappa shape index (κ1) is 11.0. The number of benzene rings is 2. The third-order valence-electron chi connectivity index (χ3n) is 2.04. The molecule has 2 nitrogen and oxygen atoms in total. The Hall–Kier alpha value is -1.55. The van der Waals surface area contributed by atoms with Crippen LogP contribution in [-0.4, -0.2) is 0 Å². The summed E-state index contributed by atoms with van der Waals surface area (Å²) in [5.41, 5.74) is 6.30. The van der Waals surface area contributed by atoms with Crippen molar-refractivity contribution in [3.8, 4) is 11.5 Å². The summed E-state index contributed by atoms with van der Waals surface area (Å²) in [7, 11) is 0. The Morgan fingerprint density at radius 2 is 1.88 bits per heavy atom. The lowest BCUT2D eigenvalue weighted by molar-refractivity contribution is 0.479. The molecular weight excluding hydrogens is 273 g/mol. The molecule has 0 aromatic heterocycles. The van der Waals surface area contributed by atoms with Gasteiger partial charge in [0.25, 0.3) is 0 Å². The molecule has 82 valence electrons. The maximum Gasteiger partial charge on any atom is 0.151 e. The van der Waals surface area contributed by atoms with E-state index >= 15 is 0 Å². The lowest BCUT2D eigenvalue weighted by atomic mass is 10.3. The van der Waals surface area contributed by atoms with E-state index in [1.807, 2.05) is 6.07 Å². The second-order valence-electron chi connectivity index (χ2n) is 3.21. The quantitative estimate of drug-likeness (QED) is 0.846. The molecular formula is C12H9BrFNO. The first-order chi connectivity index (χ1) is 7.66. The fraction of sp³-hybridized carbons (Fsp3) is 0. The number of ether oxygens (including phenoxy) is 1. The van der Waals surface area contributed by atoms with Gasteiger partial charge in [-0.15, -0.1) is 0 Å². The Morgan fingerprint density at radius 3 is 2.62 bits per heavy atom. The number of hydrogen-bond acceptors (Lipinski definition) is 2. The summed E-state index contributed by atoms with van der Waals surface area (Å²) in [6.07, 6.45) is 0. The van der Waals surface area contributed by atoms with Crippen LogP contribution in [0.5, 0.6) is 11.5 Å². The maximum atomic E-state index is 12.9. The van der Waals surface area contributed by atoms with E-state index in [-0.39, 0.29) is 5.82 Å². The number of para-hydroxylation sites is 1. The van der Waals surface area contributed by atoms with Crippen molar-refractivity contribution in [2.45, 2.75) is 0 Å². The van der Waals surface area contributed by atoms with Gasteiger partial charge in [-0.2, -0.15) is 0 Å². The zero-order valence-corrected chi connectivity index (χ0v) is 9.87. The van der Waals surface area contributed by atoms with Gasteiger partial charge < -0.3 is 10.5 Å². The van der Waals surface area contributed by atoms with Crippen molar-refractivity contribution in [3.05, 3.63) is 52.8 Å². The fourth-order valence-electron chi connectivity index (χ4n) is 1.26. The topological polar surface area (TPSA) is 35.2 Å². The van der Waals surface area contributed by atoms with Gasteiger partial charge in [-0.3, -0.25) is 0 Å². The predicted molar refractivity (Wildman–Crippen MR) is 65.0 cm³/mol. The predicted octanol–water partition coefficient (Wildman–Crippen LogP) is 3.96. The molecule has 0 unspecified atom stereocenters. The Morgan fingerprint density at radius 1 is 1.12 bits per heavy atom. The molecule has 0 atom stereocenters. The monoisotopic (exact) mass is 281 g/mol. The Kier molecular flexibility index (Phi) is 3.10. The van der Waals surface area contributed by atoms with Crippen LogP contribution in [0.2, 0.25) is 0 Å². The minimum absolute atomic E-state index is 0.342. The van der Waals surface area contributed by atoms with Crippen LogP contribution < -0.4 is 10.5 Å². The average molecular weight is 282 g/mol. The zero-order chi connectivity index (χ0) is 11.5. The Labute approximate surface area is 101 Å². The van der Waals surface area contributed by atoms with Crippen molar-refractivity contribution in [2.75, 3.05) is 5.73 Å². The number of halogens is 2. The third kappa shape index (κ3) is 2.33. The van der Waals surface area contributed by atoms with E-state index in [1.54, 1.807) is 24.3 Å². The first-order valence-corrected chi connectivity index (χ1v) is 5.43. The number of rotatable bonds is 2. The number of nitrogen functional groups attached to an aromatic ring is 1. The van der Waals surface area contributed by atoms with Gasteiger partial charge in [-0.05, 0) is 40.2 Å². The van der Waals surface area contributed by atoms with Crippen LogP contribution in [0.1, 0.15) is 0 Å². The molecule has 2 aromatic rings. The van der Waals surface area contributed by atoms with Crippen molar-refractivity contribution in [1.82, 2.24) is 0 Å². The summed E-state index contributed by atoms with van der Waals surface area (Å²) in [5.74, 6) is 0.579.